The van der Waals surface area contributed by atoms with Crippen LogP contribution >= 0.6 is 23.6 Å². The lowest BCUT2D eigenvalue weighted by Gasteiger charge is -2.26. The van der Waals surface area contributed by atoms with Gasteiger partial charge in [-0.15, -0.1) is 11.3 Å². The van der Waals surface area contributed by atoms with Crippen molar-refractivity contribution in [2.24, 2.45) is 0 Å². The monoisotopic (exact) mass is 355 g/mol. The molecule has 3 aromatic rings. The molecular weight excluding hydrogens is 338 g/mol. The van der Waals surface area contributed by atoms with E-state index in [1.165, 1.54) is 9.75 Å². The number of thiocarbonyl (C=S) groups is 1. The van der Waals surface area contributed by atoms with E-state index in [4.69, 9.17) is 16.6 Å². The van der Waals surface area contributed by atoms with E-state index in [0.717, 1.165) is 16.6 Å². The number of aromatic nitrogens is 1. The molecule has 4 nitrogen and oxygen atoms in total. The normalized spacial score (nSPS) is 20.4. The fourth-order valence-corrected chi connectivity index (χ4v) is 4.40. The topological polar surface area (TPSA) is 41.3 Å². The zero-order valence-electron chi connectivity index (χ0n) is 13.2. The fourth-order valence-electron chi connectivity index (χ4n) is 3.07. The number of rotatable bonds is 4. The minimum atomic E-state index is 0.0340. The first kappa shape index (κ1) is 15.4. The zero-order valence-corrected chi connectivity index (χ0v) is 14.8. The maximum atomic E-state index is 5.62. The third kappa shape index (κ3) is 2.83. The van der Waals surface area contributed by atoms with E-state index in [2.05, 4.69) is 34.3 Å². The number of hydrogen-bond donors (Lipinski definition) is 1. The standard InChI is InChI=1S/C18H17N3OS2/c1-12-7-8-15(24-12)17-16(14-6-2-3-9-19-14)20-18(23)21(17)11-13-5-4-10-22-13/h2-10,16-17H,11H2,1H3,(H,20,23)/t16-,17-/m1/s1. The van der Waals surface area contributed by atoms with Gasteiger partial charge in [-0.2, -0.15) is 0 Å². The summed E-state index contributed by atoms with van der Waals surface area (Å²) in [5.41, 5.74) is 0.998. The van der Waals surface area contributed by atoms with Crippen LogP contribution in [0.4, 0.5) is 0 Å². The summed E-state index contributed by atoms with van der Waals surface area (Å²) >= 11 is 7.43. The summed E-state index contributed by atoms with van der Waals surface area (Å²) in [7, 11) is 0. The quantitative estimate of drug-likeness (QED) is 0.710. The maximum absolute atomic E-state index is 5.62. The predicted molar refractivity (Wildman–Crippen MR) is 98.8 cm³/mol. The summed E-state index contributed by atoms with van der Waals surface area (Å²) < 4.78 is 5.53. The Morgan fingerprint density at radius 3 is 2.83 bits per heavy atom. The zero-order chi connectivity index (χ0) is 16.5. The highest BCUT2D eigenvalue weighted by atomic mass is 32.1. The number of thiophene rings is 1. The van der Waals surface area contributed by atoms with Crippen molar-refractivity contribution in [2.75, 3.05) is 0 Å². The Morgan fingerprint density at radius 1 is 1.25 bits per heavy atom. The van der Waals surface area contributed by atoms with Crippen LogP contribution in [0.25, 0.3) is 0 Å². The molecule has 1 aliphatic rings. The summed E-state index contributed by atoms with van der Waals surface area (Å²) in [5.74, 6) is 0.902. The largest absolute Gasteiger partial charge is 0.467 e. The molecule has 0 unspecified atom stereocenters. The van der Waals surface area contributed by atoms with E-state index in [1.54, 1.807) is 17.6 Å². The van der Waals surface area contributed by atoms with Crippen LogP contribution in [0, 0.1) is 6.92 Å². The Hall–Kier alpha value is -2.18. The first-order chi connectivity index (χ1) is 11.7. The van der Waals surface area contributed by atoms with E-state index in [9.17, 15) is 0 Å². The average molecular weight is 355 g/mol. The molecule has 1 aliphatic heterocycles. The van der Waals surface area contributed by atoms with Gasteiger partial charge in [0.2, 0.25) is 0 Å². The highest BCUT2D eigenvalue weighted by Gasteiger charge is 2.40. The van der Waals surface area contributed by atoms with E-state index in [-0.39, 0.29) is 12.1 Å². The van der Waals surface area contributed by atoms with Crippen LogP contribution in [0.2, 0.25) is 0 Å². The molecule has 6 heteroatoms. The van der Waals surface area contributed by atoms with Crippen LogP contribution in [0.1, 0.15) is 33.3 Å². The number of nitrogens with one attached hydrogen (secondary N) is 1. The van der Waals surface area contributed by atoms with Crippen molar-refractivity contribution in [3.8, 4) is 0 Å². The van der Waals surface area contributed by atoms with E-state index in [1.807, 2.05) is 36.5 Å². The van der Waals surface area contributed by atoms with Gasteiger partial charge in [0.05, 0.1) is 30.6 Å². The van der Waals surface area contributed by atoms with Gasteiger partial charge in [-0.1, -0.05) is 6.07 Å². The minimum Gasteiger partial charge on any atom is -0.467 e. The van der Waals surface area contributed by atoms with Gasteiger partial charge in [-0.3, -0.25) is 4.98 Å². The lowest BCUT2D eigenvalue weighted by molar-refractivity contribution is 0.291. The van der Waals surface area contributed by atoms with Gasteiger partial charge in [0.15, 0.2) is 5.11 Å². The Labute approximate surface area is 150 Å². The van der Waals surface area contributed by atoms with Crippen molar-refractivity contribution in [2.45, 2.75) is 25.6 Å². The van der Waals surface area contributed by atoms with Gasteiger partial charge >= 0.3 is 0 Å². The number of hydrogen-bond acceptors (Lipinski definition) is 4. The van der Waals surface area contributed by atoms with Crippen LogP contribution in [0.3, 0.4) is 0 Å². The lowest BCUT2D eigenvalue weighted by Crippen LogP contribution is -2.28. The Bertz CT molecular complexity index is 829. The molecule has 0 aliphatic carbocycles. The molecule has 0 aromatic carbocycles. The highest BCUT2D eigenvalue weighted by molar-refractivity contribution is 7.80. The van der Waals surface area contributed by atoms with Gasteiger partial charge in [0.1, 0.15) is 5.76 Å². The summed E-state index contributed by atoms with van der Waals surface area (Å²) in [4.78, 5) is 9.31. The van der Waals surface area contributed by atoms with E-state index >= 15 is 0 Å². The molecule has 24 heavy (non-hydrogen) atoms. The van der Waals surface area contributed by atoms with Gasteiger partial charge < -0.3 is 14.6 Å². The maximum Gasteiger partial charge on any atom is 0.170 e. The molecule has 0 spiro atoms. The second-order valence-electron chi connectivity index (χ2n) is 5.78. The van der Waals surface area contributed by atoms with Gasteiger partial charge in [-0.25, -0.2) is 0 Å². The van der Waals surface area contributed by atoms with E-state index < -0.39 is 0 Å². The first-order valence-corrected chi connectivity index (χ1v) is 9.01. The minimum absolute atomic E-state index is 0.0340. The second-order valence-corrected chi connectivity index (χ2v) is 7.49. The summed E-state index contributed by atoms with van der Waals surface area (Å²) in [6.45, 7) is 2.77. The molecule has 1 saturated heterocycles. The molecular formula is C18H17N3OS2. The van der Waals surface area contributed by atoms with Crippen molar-refractivity contribution >= 4 is 28.7 Å². The molecule has 0 amide bonds. The van der Waals surface area contributed by atoms with Crippen molar-refractivity contribution in [3.05, 3.63) is 76.1 Å². The van der Waals surface area contributed by atoms with Gasteiger partial charge in [0.25, 0.3) is 0 Å². The number of pyridine rings is 1. The molecule has 1 N–H and O–H groups in total. The molecule has 3 aromatic heterocycles. The van der Waals surface area contributed by atoms with E-state index in [0.29, 0.717) is 6.54 Å². The smallest absolute Gasteiger partial charge is 0.170 e. The van der Waals surface area contributed by atoms with Crippen LogP contribution in [-0.2, 0) is 6.54 Å². The van der Waals surface area contributed by atoms with Crippen molar-refractivity contribution in [3.63, 3.8) is 0 Å². The Morgan fingerprint density at radius 2 is 2.17 bits per heavy atom. The third-order valence-electron chi connectivity index (χ3n) is 4.16. The second kappa shape index (κ2) is 6.37. The molecule has 4 heterocycles. The van der Waals surface area contributed by atoms with Crippen molar-refractivity contribution < 1.29 is 4.42 Å². The third-order valence-corrected chi connectivity index (χ3v) is 5.58. The Balaban J connectivity index is 1.73. The molecule has 2 atom stereocenters. The SMILES string of the molecule is Cc1ccc([C@@H]2[C@@H](c3ccccn3)NC(=S)N2Cc2ccco2)s1. The highest BCUT2D eigenvalue weighted by Crippen LogP contribution is 2.41. The summed E-state index contributed by atoms with van der Waals surface area (Å²) in [5, 5.41) is 4.18. The molecule has 0 bridgehead atoms. The molecule has 122 valence electrons. The first-order valence-electron chi connectivity index (χ1n) is 7.79. The Kier molecular flexibility index (Phi) is 4.08. The summed E-state index contributed by atoms with van der Waals surface area (Å²) in [6.07, 6.45) is 3.52. The predicted octanol–water partition coefficient (Wildman–Crippen LogP) is 4.22. The van der Waals surface area contributed by atoms with Gasteiger partial charge in [-0.05, 0) is 55.5 Å². The van der Waals surface area contributed by atoms with Crippen LogP contribution in [0.15, 0.2) is 59.3 Å². The molecule has 1 fully saturated rings. The number of aryl methyl sites for hydroxylation is 1. The number of furan rings is 1. The molecule has 0 radical (unpaired) electrons. The molecule has 0 saturated carbocycles. The summed E-state index contributed by atoms with van der Waals surface area (Å²) in [6, 6.07) is 14.4. The fraction of sp³-hybridized carbons (Fsp3) is 0.222. The van der Waals surface area contributed by atoms with Crippen LogP contribution in [-0.4, -0.2) is 15.0 Å². The van der Waals surface area contributed by atoms with Crippen LogP contribution in [0.5, 0.6) is 0 Å². The van der Waals surface area contributed by atoms with Crippen LogP contribution < -0.4 is 5.32 Å². The molecule has 4 rings (SSSR count). The average Bonchev–Trinajstić information content (AvgIpc) is 3.31. The van der Waals surface area contributed by atoms with Crippen molar-refractivity contribution in [1.82, 2.24) is 15.2 Å². The van der Waals surface area contributed by atoms with Crippen molar-refractivity contribution in [1.29, 1.82) is 0 Å². The lowest BCUT2D eigenvalue weighted by atomic mass is 10.0. The van der Waals surface area contributed by atoms with Gasteiger partial charge in [0, 0.05) is 16.0 Å². The number of nitrogens with zero attached hydrogens (tertiary/aromatic N) is 2.